The Morgan fingerprint density at radius 2 is 1.88 bits per heavy atom. The largest absolute Gasteiger partial charge is 0.323 e. The van der Waals surface area contributed by atoms with Crippen molar-refractivity contribution >= 4 is 35.0 Å². The Kier molecular flexibility index (Phi) is 3.60. The van der Waals surface area contributed by atoms with Crippen molar-refractivity contribution in [3.63, 3.8) is 0 Å². The molecule has 0 saturated carbocycles. The maximum atomic E-state index is 13.4. The number of rotatable bonds is 2. The van der Waals surface area contributed by atoms with E-state index in [0.29, 0.717) is 12.8 Å². The highest BCUT2D eigenvalue weighted by molar-refractivity contribution is 8.02. The van der Waals surface area contributed by atoms with E-state index in [0.717, 1.165) is 35.5 Å². The fraction of sp³-hybridized carbons (Fsp3) is 0.333. The summed E-state index contributed by atoms with van der Waals surface area (Å²) in [7, 11) is 0. The van der Waals surface area contributed by atoms with Crippen molar-refractivity contribution in [1.29, 1.82) is 0 Å². The van der Waals surface area contributed by atoms with Gasteiger partial charge in [-0.05, 0) is 61.4 Å². The minimum absolute atomic E-state index is 0.0349. The summed E-state index contributed by atoms with van der Waals surface area (Å²) in [5, 5.41) is 3.18. The molecule has 1 N–H and O–H groups in total. The molecule has 0 unspecified atom stereocenters. The Bertz CT molecular complexity index is 926. The second-order valence-corrected chi connectivity index (χ2v) is 8.51. The van der Waals surface area contributed by atoms with Gasteiger partial charge in [0.1, 0.15) is 0 Å². The van der Waals surface area contributed by atoms with Crippen molar-refractivity contribution in [2.24, 2.45) is 0 Å². The fourth-order valence-electron chi connectivity index (χ4n) is 4.42. The van der Waals surface area contributed by atoms with Gasteiger partial charge in [-0.2, -0.15) is 0 Å². The molecule has 26 heavy (non-hydrogen) atoms. The molecule has 1 saturated heterocycles. The zero-order valence-electron chi connectivity index (χ0n) is 14.5. The molecule has 2 amide bonds. The van der Waals surface area contributed by atoms with Crippen LogP contribution in [-0.2, 0) is 22.4 Å². The standard InChI is InChI=1S/C21H20N2O2S/c24-19-12-13-21(23(19)17-10-3-4-11-18(17)26-21)20(25)22-16-9-5-7-14-6-1-2-8-15(14)16/h3-5,7,9-11H,1-2,6,8,12-13H2,(H,22,25)/t21-/m1/s1. The lowest BCUT2D eigenvalue weighted by molar-refractivity contribution is -0.121. The van der Waals surface area contributed by atoms with E-state index in [1.165, 1.54) is 29.3 Å². The SMILES string of the molecule is O=C1CC[C@]2(C(=O)Nc3cccc4c3CCCC4)Sc3ccccc3N12. The Balaban J connectivity index is 1.51. The van der Waals surface area contributed by atoms with Gasteiger partial charge >= 0.3 is 0 Å². The molecule has 2 heterocycles. The number of nitrogens with zero attached hydrogens (tertiary/aromatic N) is 1. The van der Waals surface area contributed by atoms with Gasteiger partial charge < -0.3 is 5.32 Å². The summed E-state index contributed by atoms with van der Waals surface area (Å²) in [5.74, 6) is -0.0452. The Labute approximate surface area is 157 Å². The highest BCUT2D eigenvalue weighted by Crippen LogP contribution is 2.56. The quantitative estimate of drug-likeness (QED) is 0.871. The van der Waals surface area contributed by atoms with Crippen LogP contribution in [0.25, 0.3) is 0 Å². The molecule has 4 nitrogen and oxygen atoms in total. The number of aryl methyl sites for hydroxylation is 1. The molecule has 0 radical (unpaired) electrons. The molecule has 5 heteroatoms. The summed E-state index contributed by atoms with van der Waals surface area (Å²) < 4.78 is 0. The number of hydrogen-bond donors (Lipinski definition) is 1. The van der Waals surface area contributed by atoms with Gasteiger partial charge in [0, 0.05) is 17.0 Å². The second-order valence-electron chi connectivity index (χ2n) is 7.19. The third kappa shape index (κ3) is 2.23. The van der Waals surface area contributed by atoms with Crippen LogP contribution in [0.15, 0.2) is 47.4 Å². The zero-order chi connectivity index (χ0) is 17.7. The maximum Gasteiger partial charge on any atom is 0.261 e. The van der Waals surface area contributed by atoms with Gasteiger partial charge in [-0.3, -0.25) is 14.5 Å². The van der Waals surface area contributed by atoms with E-state index in [-0.39, 0.29) is 11.8 Å². The smallest absolute Gasteiger partial charge is 0.261 e. The maximum absolute atomic E-state index is 13.4. The molecule has 2 aliphatic heterocycles. The van der Waals surface area contributed by atoms with Crippen LogP contribution in [0.1, 0.15) is 36.8 Å². The van der Waals surface area contributed by atoms with Crippen LogP contribution in [0.4, 0.5) is 11.4 Å². The predicted molar refractivity (Wildman–Crippen MR) is 103 cm³/mol. The molecule has 1 aliphatic carbocycles. The first-order valence-corrected chi connectivity index (χ1v) is 10.0. The normalized spacial score (nSPS) is 23.4. The lowest BCUT2D eigenvalue weighted by Crippen LogP contribution is -2.49. The second kappa shape index (κ2) is 5.88. The van der Waals surface area contributed by atoms with Gasteiger partial charge in [0.05, 0.1) is 5.69 Å². The summed E-state index contributed by atoms with van der Waals surface area (Å²) >= 11 is 1.52. The summed E-state index contributed by atoms with van der Waals surface area (Å²) in [6.45, 7) is 0. The lowest BCUT2D eigenvalue weighted by Gasteiger charge is -2.30. The van der Waals surface area contributed by atoms with E-state index in [2.05, 4.69) is 11.4 Å². The van der Waals surface area contributed by atoms with Gasteiger partial charge in [0.2, 0.25) is 5.91 Å². The number of carbonyl (C=O) groups excluding carboxylic acids is 2. The van der Waals surface area contributed by atoms with Crippen molar-refractivity contribution < 1.29 is 9.59 Å². The molecule has 0 aromatic heterocycles. The van der Waals surface area contributed by atoms with Crippen LogP contribution in [-0.4, -0.2) is 16.7 Å². The zero-order valence-corrected chi connectivity index (χ0v) is 15.3. The number of nitrogens with one attached hydrogen (secondary N) is 1. The minimum Gasteiger partial charge on any atom is -0.323 e. The molecule has 1 atom stereocenters. The van der Waals surface area contributed by atoms with E-state index in [9.17, 15) is 9.59 Å². The monoisotopic (exact) mass is 364 g/mol. The topological polar surface area (TPSA) is 49.4 Å². The van der Waals surface area contributed by atoms with Crippen LogP contribution >= 0.6 is 11.8 Å². The number of anilines is 2. The van der Waals surface area contributed by atoms with E-state index >= 15 is 0 Å². The molecular formula is C21H20N2O2S. The van der Waals surface area contributed by atoms with E-state index in [1.54, 1.807) is 4.90 Å². The summed E-state index contributed by atoms with van der Waals surface area (Å²) in [6, 6.07) is 14.0. The molecule has 0 bridgehead atoms. The first kappa shape index (κ1) is 15.9. The van der Waals surface area contributed by atoms with Gasteiger partial charge in [0.25, 0.3) is 5.91 Å². The molecule has 132 valence electrons. The van der Waals surface area contributed by atoms with Gasteiger partial charge in [0.15, 0.2) is 4.87 Å². The third-order valence-corrected chi connectivity index (χ3v) is 7.15. The highest BCUT2D eigenvalue weighted by atomic mass is 32.2. The van der Waals surface area contributed by atoms with Crippen molar-refractivity contribution in [2.45, 2.75) is 48.3 Å². The Hall–Kier alpha value is -2.27. The molecule has 2 aromatic rings. The average Bonchev–Trinajstić information content (AvgIpc) is 3.18. The predicted octanol–water partition coefficient (Wildman–Crippen LogP) is 4.13. The fourth-order valence-corrected chi connectivity index (χ4v) is 5.83. The highest BCUT2D eigenvalue weighted by Gasteiger charge is 2.57. The van der Waals surface area contributed by atoms with Crippen LogP contribution in [0, 0.1) is 0 Å². The van der Waals surface area contributed by atoms with Crippen molar-refractivity contribution in [3.8, 4) is 0 Å². The van der Waals surface area contributed by atoms with Gasteiger partial charge in [-0.25, -0.2) is 0 Å². The summed E-state index contributed by atoms with van der Waals surface area (Å²) in [4.78, 5) is 27.8. The molecule has 3 aliphatic rings. The Morgan fingerprint density at radius 1 is 1.04 bits per heavy atom. The molecule has 0 spiro atoms. The number of para-hydroxylation sites is 1. The van der Waals surface area contributed by atoms with Crippen LogP contribution in [0.5, 0.6) is 0 Å². The molecule has 1 fully saturated rings. The van der Waals surface area contributed by atoms with Crippen molar-refractivity contribution in [1.82, 2.24) is 0 Å². The van der Waals surface area contributed by atoms with E-state index in [1.807, 2.05) is 36.4 Å². The van der Waals surface area contributed by atoms with Crippen LogP contribution < -0.4 is 10.2 Å². The average molecular weight is 364 g/mol. The van der Waals surface area contributed by atoms with E-state index < -0.39 is 4.87 Å². The lowest BCUT2D eigenvalue weighted by atomic mass is 9.90. The summed E-state index contributed by atoms with van der Waals surface area (Å²) in [6.07, 6.45) is 5.43. The number of carbonyl (C=O) groups is 2. The van der Waals surface area contributed by atoms with Crippen molar-refractivity contribution in [2.75, 3.05) is 10.2 Å². The number of amides is 2. The first-order chi connectivity index (χ1) is 12.7. The Morgan fingerprint density at radius 3 is 2.81 bits per heavy atom. The number of benzene rings is 2. The van der Waals surface area contributed by atoms with Gasteiger partial charge in [-0.15, -0.1) is 0 Å². The molecule has 5 rings (SSSR count). The van der Waals surface area contributed by atoms with Crippen LogP contribution in [0.2, 0.25) is 0 Å². The molecular weight excluding hydrogens is 344 g/mol. The van der Waals surface area contributed by atoms with E-state index in [4.69, 9.17) is 0 Å². The number of fused-ring (bicyclic) bond motifs is 4. The number of thioether (sulfide) groups is 1. The minimum atomic E-state index is -0.849. The summed E-state index contributed by atoms with van der Waals surface area (Å²) in [5.41, 5.74) is 4.39. The number of hydrogen-bond acceptors (Lipinski definition) is 3. The molecule has 2 aromatic carbocycles. The third-order valence-electron chi connectivity index (χ3n) is 5.67. The first-order valence-electron chi connectivity index (χ1n) is 9.22. The van der Waals surface area contributed by atoms with Crippen molar-refractivity contribution in [3.05, 3.63) is 53.6 Å². The van der Waals surface area contributed by atoms with Crippen LogP contribution in [0.3, 0.4) is 0 Å². The van der Waals surface area contributed by atoms with Gasteiger partial charge in [-0.1, -0.05) is 36.0 Å².